The fourth-order valence-corrected chi connectivity index (χ4v) is 3.22. The predicted octanol–water partition coefficient (Wildman–Crippen LogP) is 4.88. The van der Waals surface area contributed by atoms with Gasteiger partial charge in [-0.1, -0.05) is 54.6 Å². The molecule has 3 nitrogen and oxygen atoms in total. The normalized spacial score (nSPS) is 11.0. The molecule has 0 aromatic heterocycles. The average molecular weight is 314 g/mol. The lowest BCUT2D eigenvalue weighted by molar-refractivity contribution is 0.112. The van der Waals surface area contributed by atoms with Gasteiger partial charge in [-0.2, -0.15) is 0 Å². The third kappa shape index (κ3) is 2.02. The van der Waals surface area contributed by atoms with Gasteiger partial charge < -0.3 is 10.2 Å². The van der Waals surface area contributed by atoms with Gasteiger partial charge in [0.25, 0.3) is 0 Å². The van der Waals surface area contributed by atoms with E-state index >= 15 is 0 Å². The molecule has 0 radical (unpaired) electrons. The third-order valence-corrected chi connectivity index (χ3v) is 4.34. The van der Waals surface area contributed by atoms with Crippen molar-refractivity contribution >= 4 is 27.8 Å². The number of fused-ring (bicyclic) bond motifs is 2. The molecule has 0 bridgehead atoms. The molecule has 0 amide bonds. The summed E-state index contributed by atoms with van der Waals surface area (Å²) in [6, 6.07) is 20.2. The van der Waals surface area contributed by atoms with E-state index in [1.807, 2.05) is 54.6 Å². The molecule has 3 heteroatoms. The van der Waals surface area contributed by atoms with Gasteiger partial charge in [-0.3, -0.25) is 4.79 Å². The second-order valence-corrected chi connectivity index (χ2v) is 5.71. The van der Waals surface area contributed by atoms with Crippen LogP contribution < -0.4 is 0 Å². The van der Waals surface area contributed by atoms with Crippen LogP contribution in [0.15, 0.2) is 66.7 Å². The quantitative estimate of drug-likeness (QED) is 0.518. The van der Waals surface area contributed by atoms with Crippen molar-refractivity contribution in [3.05, 3.63) is 72.3 Å². The van der Waals surface area contributed by atoms with Gasteiger partial charge in [0.1, 0.15) is 11.5 Å². The van der Waals surface area contributed by atoms with Crippen molar-refractivity contribution in [1.29, 1.82) is 0 Å². The van der Waals surface area contributed by atoms with Crippen LogP contribution in [0.4, 0.5) is 0 Å². The van der Waals surface area contributed by atoms with Crippen LogP contribution in [0.2, 0.25) is 0 Å². The van der Waals surface area contributed by atoms with Gasteiger partial charge in [0.05, 0.1) is 5.56 Å². The van der Waals surface area contributed by atoms with Gasteiger partial charge in [-0.25, -0.2) is 0 Å². The van der Waals surface area contributed by atoms with E-state index < -0.39 is 0 Å². The van der Waals surface area contributed by atoms with Crippen LogP contribution in [-0.2, 0) is 0 Å². The first kappa shape index (κ1) is 14.3. The molecule has 0 aliphatic rings. The Morgan fingerprint density at radius 1 is 0.708 bits per heavy atom. The van der Waals surface area contributed by atoms with E-state index in [4.69, 9.17) is 0 Å². The molecule has 2 N–H and O–H groups in total. The molecule has 0 saturated heterocycles. The fraction of sp³-hybridized carbons (Fsp3) is 0. The van der Waals surface area contributed by atoms with Crippen molar-refractivity contribution in [3.8, 4) is 22.6 Å². The molecule has 0 saturated carbocycles. The largest absolute Gasteiger partial charge is 0.507 e. The number of phenols is 2. The van der Waals surface area contributed by atoms with Crippen molar-refractivity contribution in [3.63, 3.8) is 0 Å². The zero-order chi connectivity index (χ0) is 16.7. The molecule has 0 atom stereocenters. The van der Waals surface area contributed by atoms with Gasteiger partial charge in [0.15, 0.2) is 6.29 Å². The fourth-order valence-electron chi connectivity index (χ4n) is 3.22. The molecular formula is C21H14O3. The monoisotopic (exact) mass is 314 g/mol. The highest BCUT2D eigenvalue weighted by atomic mass is 16.3. The van der Waals surface area contributed by atoms with Gasteiger partial charge in [0, 0.05) is 11.1 Å². The summed E-state index contributed by atoms with van der Waals surface area (Å²) >= 11 is 0. The summed E-state index contributed by atoms with van der Waals surface area (Å²) < 4.78 is 0. The van der Waals surface area contributed by atoms with Crippen LogP contribution in [0.1, 0.15) is 10.4 Å². The number of phenolic OH excluding ortho intramolecular Hbond substituents is 2. The Balaban J connectivity index is 2.24. The van der Waals surface area contributed by atoms with E-state index in [0.717, 1.165) is 21.5 Å². The molecule has 4 rings (SSSR count). The van der Waals surface area contributed by atoms with Crippen molar-refractivity contribution < 1.29 is 15.0 Å². The first-order valence-corrected chi connectivity index (χ1v) is 7.61. The topological polar surface area (TPSA) is 57.5 Å². The van der Waals surface area contributed by atoms with Gasteiger partial charge >= 0.3 is 0 Å². The van der Waals surface area contributed by atoms with Crippen molar-refractivity contribution in [2.24, 2.45) is 0 Å². The second-order valence-electron chi connectivity index (χ2n) is 5.71. The zero-order valence-corrected chi connectivity index (χ0v) is 12.7. The number of aromatic hydroxyl groups is 2. The lowest BCUT2D eigenvalue weighted by Gasteiger charge is -2.15. The van der Waals surface area contributed by atoms with E-state index in [-0.39, 0.29) is 17.1 Å². The molecule has 116 valence electrons. The first-order valence-electron chi connectivity index (χ1n) is 7.61. The number of carbonyl (C=O) groups excluding carboxylic acids is 1. The molecule has 0 heterocycles. The summed E-state index contributed by atoms with van der Waals surface area (Å²) in [5.41, 5.74) is 1.21. The maximum atomic E-state index is 11.4. The minimum atomic E-state index is -0.115. The van der Waals surface area contributed by atoms with E-state index in [0.29, 0.717) is 17.4 Å². The van der Waals surface area contributed by atoms with E-state index in [9.17, 15) is 15.0 Å². The Hall–Kier alpha value is -3.33. The highest BCUT2D eigenvalue weighted by Gasteiger charge is 2.19. The lowest BCUT2D eigenvalue weighted by atomic mass is 9.90. The van der Waals surface area contributed by atoms with Crippen LogP contribution in [0.5, 0.6) is 11.5 Å². The molecule has 0 unspecified atom stereocenters. The van der Waals surface area contributed by atoms with Gasteiger partial charge in [-0.05, 0) is 33.7 Å². The van der Waals surface area contributed by atoms with E-state index in [1.165, 1.54) is 0 Å². The minimum Gasteiger partial charge on any atom is -0.507 e. The number of rotatable bonds is 2. The lowest BCUT2D eigenvalue weighted by Crippen LogP contribution is -1.91. The Morgan fingerprint density at radius 3 is 2.04 bits per heavy atom. The van der Waals surface area contributed by atoms with Crippen molar-refractivity contribution in [1.82, 2.24) is 0 Å². The maximum absolute atomic E-state index is 11.4. The summed E-state index contributed by atoms with van der Waals surface area (Å²) in [6.45, 7) is 0. The Morgan fingerprint density at radius 2 is 1.33 bits per heavy atom. The standard InChI is InChI=1S/C21H14O3/c22-12-15-11-14-6-2-4-8-17(14)20(21(15)24)19-16-7-3-1-5-13(16)9-10-18(19)23/h1-12,23-24H. The molecule has 24 heavy (non-hydrogen) atoms. The Labute approximate surface area is 138 Å². The zero-order valence-electron chi connectivity index (χ0n) is 12.7. The number of carbonyl (C=O) groups is 1. The van der Waals surface area contributed by atoms with Crippen molar-refractivity contribution in [2.45, 2.75) is 0 Å². The van der Waals surface area contributed by atoms with Crippen LogP contribution in [-0.4, -0.2) is 16.5 Å². The van der Waals surface area contributed by atoms with Crippen molar-refractivity contribution in [2.75, 3.05) is 0 Å². The highest BCUT2D eigenvalue weighted by Crippen LogP contribution is 2.45. The average Bonchev–Trinajstić information content (AvgIpc) is 2.62. The summed E-state index contributed by atoms with van der Waals surface area (Å²) in [5.74, 6) is -0.0486. The van der Waals surface area contributed by atoms with E-state index in [1.54, 1.807) is 12.1 Å². The molecule has 4 aromatic rings. The molecule has 0 aliphatic carbocycles. The van der Waals surface area contributed by atoms with Crippen LogP contribution in [0, 0.1) is 0 Å². The summed E-state index contributed by atoms with van der Waals surface area (Å²) in [7, 11) is 0. The molecule has 0 spiro atoms. The number of hydrogen-bond acceptors (Lipinski definition) is 3. The number of aldehydes is 1. The minimum absolute atomic E-state index is 0.0669. The predicted molar refractivity (Wildman–Crippen MR) is 95.6 cm³/mol. The molecule has 0 fully saturated rings. The smallest absolute Gasteiger partial charge is 0.153 e. The summed E-state index contributed by atoms with van der Waals surface area (Å²) in [4.78, 5) is 11.4. The van der Waals surface area contributed by atoms with Crippen LogP contribution >= 0.6 is 0 Å². The van der Waals surface area contributed by atoms with Gasteiger partial charge in [-0.15, -0.1) is 0 Å². The Bertz CT molecular complexity index is 1100. The number of benzene rings is 4. The summed E-state index contributed by atoms with van der Waals surface area (Å²) in [6.07, 6.45) is 0.632. The molecular weight excluding hydrogens is 300 g/mol. The Kier molecular flexibility index (Phi) is 3.21. The van der Waals surface area contributed by atoms with Crippen LogP contribution in [0.25, 0.3) is 32.7 Å². The maximum Gasteiger partial charge on any atom is 0.153 e. The van der Waals surface area contributed by atoms with Crippen LogP contribution in [0.3, 0.4) is 0 Å². The molecule has 0 aliphatic heterocycles. The third-order valence-electron chi connectivity index (χ3n) is 4.34. The van der Waals surface area contributed by atoms with E-state index in [2.05, 4.69) is 0 Å². The van der Waals surface area contributed by atoms with Gasteiger partial charge in [0.2, 0.25) is 0 Å². The SMILES string of the molecule is O=Cc1cc2ccccc2c(-c2c(O)ccc3ccccc23)c1O. The number of hydrogen-bond donors (Lipinski definition) is 2. The molecule has 4 aromatic carbocycles. The highest BCUT2D eigenvalue weighted by molar-refractivity contribution is 6.11. The first-order chi connectivity index (χ1) is 11.7. The second kappa shape index (κ2) is 5.39. The summed E-state index contributed by atoms with van der Waals surface area (Å²) in [5, 5.41) is 24.6.